The minimum Gasteiger partial charge on any atom is -0.461 e. The van der Waals surface area contributed by atoms with Crippen molar-refractivity contribution in [2.24, 2.45) is 28.6 Å². The predicted molar refractivity (Wildman–Crippen MR) is 83.5 cm³/mol. The van der Waals surface area contributed by atoms with Gasteiger partial charge >= 0.3 is 5.97 Å². The minimum absolute atomic E-state index is 0.0995. The second-order valence-electron chi connectivity index (χ2n) is 8.73. The van der Waals surface area contributed by atoms with Gasteiger partial charge in [0, 0.05) is 36.5 Å². The zero-order chi connectivity index (χ0) is 16.4. The zero-order valence-electron chi connectivity index (χ0n) is 14.1. The van der Waals surface area contributed by atoms with Crippen LogP contribution in [-0.2, 0) is 19.1 Å². The van der Waals surface area contributed by atoms with Gasteiger partial charge in [-0.1, -0.05) is 13.8 Å². The van der Waals surface area contributed by atoms with E-state index in [0.29, 0.717) is 43.3 Å². The van der Waals surface area contributed by atoms with Crippen molar-refractivity contribution < 1.29 is 19.1 Å². The Morgan fingerprint density at radius 1 is 0.957 bits per heavy atom. The number of esters is 1. The maximum Gasteiger partial charge on any atom is 0.306 e. The number of ether oxygens (including phenoxy) is 1. The monoisotopic (exact) mass is 318 g/mol. The van der Waals surface area contributed by atoms with Crippen LogP contribution in [0.4, 0.5) is 0 Å². The highest BCUT2D eigenvalue weighted by Gasteiger charge is 2.60. The zero-order valence-corrected chi connectivity index (χ0v) is 14.1. The molecule has 4 heteroatoms. The van der Waals surface area contributed by atoms with E-state index in [0.717, 1.165) is 25.7 Å². The van der Waals surface area contributed by atoms with Gasteiger partial charge in [0.25, 0.3) is 0 Å². The first-order valence-corrected chi connectivity index (χ1v) is 9.09. The third-order valence-electron chi connectivity index (χ3n) is 7.76. The highest BCUT2D eigenvalue weighted by Crippen LogP contribution is 2.62. The molecule has 4 rings (SSSR count). The van der Waals surface area contributed by atoms with Crippen molar-refractivity contribution in [3.05, 3.63) is 0 Å². The second-order valence-corrected chi connectivity index (χ2v) is 8.73. The fourth-order valence-corrected chi connectivity index (χ4v) is 6.27. The Balaban J connectivity index is 1.73. The maximum absolute atomic E-state index is 12.4. The molecule has 1 unspecified atom stereocenters. The third-order valence-corrected chi connectivity index (χ3v) is 7.76. The molecule has 3 saturated carbocycles. The molecule has 4 fully saturated rings. The molecule has 23 heavy (non-hydrogen) atoms. The SMILES string of the molecule is C[C@]12CCC(=O)CC1OC(=O)C[C@@H]1[C@@H]2CC[C@]2(C)C(=O)CC[C@@H]12. The highest BCUT2D eigenvalue weighted by molar-refractivity contribution is 5.87. The number of Topliss-reactive ketones (excluding diaryl/α,β-unsaturated/α-hetero) is 2. The lowest BCUT2D eigenvalue weighted by molar-refractivity contribution is -0.159. The van der Waals surface area contributed by atoms with Crippen LogP contribution >= 0.6 is 0 Å². The first-order valence-electron chi connectivity index (χ1n) is 9.09. The Morgan fingerprint density at radius 3 is 2.52 bits per heavy atom. The van der Waals surface area contributed by atoms with Crippen LogP contribution in [0, 0.1) is 28.6 Å². The average molecular weight is 318 g/mol. The molecule has 0 aromatic carbocycles. The average Bonchev–Trinajstić information content (AvgIpc) is 2.73. The van der Waals surface area contributed by atoms with Crippen LogP contribution in [0.1, 0.15) is 65.2 Å². The number of carbonyl (C=O) groups excluding carboxylic acids is 3. The molecular weight excluding hydrogens is 292 g/mol. The summed E-state index contributed by atoms with van der Waals surface area (Å²) >= 11 is 0. The molecule has 0 spiro atoms. The Hall–Kier alpha value is -1.19. The first-order chi connectivity index (χ1) is 10.8. The fraction of sp³-hybridized carbons (Fsp3) is 0.842. The van der Waals surface area contributed by atoms with Gasteiger partial charge in [0.15, 0.2) is 0 Å². The quantitative estimate of drug-likeness (QED) is 0.644. The maximum atomic E-state index is 12.4. The Bertz CT molecular complexity index is 582. The van der Waals surface area contributed by atoms with E-state index in [4.69, 9.17) is 4.74 Å². The summed E-state index contributed by atoms with van der Waals surface area (Å²) in [5.41, 5.74) is -0.333. The molecule has 1 aliphatic heterocycles. The highest BCUT2D eigenvalue weighted by atomic mass is 16.5. The Labute approximate surface area is 137 Å². The normalized spacial score (nSPS) is 49.7. The molecule has 0 radical (unpaired) electrons. The summed E-state index contributed by atoms with van der Waals surface area (Å²) in [5.74, 6) is 1.41. The van der Waals surface area contributed by atoms with Gasteiger partial charge in [-0.3, -0.25) is 14.4 Å². The lowest BCUT2D eigenvalue weighted by Crippen LogP contribution is -2.51. The van der Waals surface area contributed by atoms with E-state index in [1.165, 1.54) is 0 Å². The van der Waals surface area contributed by atoms with Crippen molar-refractivity contribution in [3.8, 4) is 0 Å². The molecule has 0 aromatic rings. The standard InChI is InChI=1S/C19H26O4/c1-18-8-6-14-12(13(18)3-4-15(18)21)10-17(22)23-16-9-11(20)5-7-19(14,16)2/h12-14,16H,3-10H2,1-2H3/t12-,13-,14-,16?,18-,19+/m0/s1. The number of rotatable bonds is 0. The molecule has 0 N–H and O–H groups in total. The van der Waals surface area contributed by atoms with E-state index in [1.54, 1.807) is 0 Å². The van der Waals surface area contributed by atoms with Gasteiger partial charge < -0.3 is 4.74 Å². The van der Waals surface area contributed by atoms with Gasteiger partial charge in [0.2, 0.25) is 0 Å². The molecule has 1 heterocycles. The molecule has 6 atom stereocenters. The lowest BCUT2D eigenvalue weighted by atomic mass is 9.51. The summed E-state index contributed by atoms with van der Waals surface area (Å²) in [6, 6.07) is 0. The number of hydrogen-bond acceptors (Lipinski definition) is 4. The van der Waals surface area contributed by atoms with E-state index in [-0.39, 0.29) is 34.6 Å². The van der Waals surface area contributed by atoms with E-state index in [2.05, 4.69) is 13.8 Å². The molecule has 126 valence electrons. The summed E-state index contributed by atoms with van der Waals surface area (Å²) in [7, 11) is 0. The Morgan fingerprint density at radius 2 is 1.74 bits per heavy atom. The van der Waals surface area contributed by atoms with Crippen LogP contribution in [0.5, 0.6) is 0 Å². The largest absolute Gasteiger partial charge is 0.461 e. The first kappa shape index (κ1) is 15.3. The fourth-order valence-electron chi connectivity index (χ4n) is 6.27. The molecular formula is C19H26O4. The predicted octanol–water partition coefficient (Wildman–Crippen LogP) is 3.07. The lowest BCUT2D eigenvalue weighted by Gasteiger charge is -2.52. The van der Waals surface area contributed by atoms with Crippen molar-refractivity contribution in [2.45, 2.75) is 71.3 Å². The van der Waals surface area contributed by atoms with Crippen molar-refractivity contribution in [2.75, 3.05) is 0 Å². The van der Waals surface area contributed by atoms with Crippen LogP contribution in [-0.4, -0.2) is 23.6 Å². The van der Waals surface area contributed by atoms with Gasteiger partial charge in [-0.2, -0.15) is 0 Å². The van der Waals surface area contributed by atoms with Crippen molar-refractivity contribution in [1.29, 1.82) is 0 Å². The third kappa shape index (κ3) is 2.06. The van der Waals surface area contributed by atoms with E-state index in [9.17, 15) is 14.4 Å². The molecule has 0 bridgehead atoms. The molecule has 1 saturated heterocycles. The smallest absolute Gasteiger partial charge is 0.306 e. The molecule has 4 aliphatic rings. The van der Waals surface area contributed by atoms with Crippen molar-refractivity contribution >= 4 is 17.5 Å². The molecule has 4 nitrogen and oxygen atoms in total. The van der Waals surface area contributed by atoms with Crippen LogP contribution in [0.15, 0.2) is 0 Å². The molecule has 0 amide bonds. The summed E-state index contributed by atoms with van der Waals surface area (Å²) in [4.78, 5) is 36.7. The topological polar surface area (TPSA) is 60.4 Å². The van der Waals surface area contributed by atoms with E-state index >= 15 is 0 Å². The number of ketones is 2. The second kappa shape index (κ2) is 4.90. The van der Waals surface area contributed by atoms with Crippen LogP contribution < -0.4 is 0 Å². The van der Waals surface area contributed by atoms with Gasteiger partial charge in [-0.15, -0.1) is 0 Å². The van der Waals surface area contributed by atoms with Gasteiger partial charge in [0.1, 0.15) is 17.7 Å². The number of carbonyl (C=O) groups is 3. The van der Waals surface area contributed by atoms with Crippen LogP contribution in [0.2, 0.25) is 0 Å². The molecule has 0 aromatic heterocycles. The summed E-state index contributed by atoms with van der Waals surface area (Å²) in [5, 5.41) is 0. The summed E-state index contributed by atoms with van der Waals surface area (Å²) in [6.07, 6.45) is 5.49. The van der Waals surface area contributed by atoms with Gasteiger partial charge in [0.05, 0.1) is 0 Å². The van der Waals surface area contributed by atoms with Gasteiger partial charge in [-0.05, 0) is 43.4 Å². The van der Waals surface area contributed by atoms with Crippen molar-refractivity contribution in [1.82, 2.24) is 0 Å². The van der Waals surface area contributed by atoms with Gasteiger partial charge in [-0.25, -0.2) is 0 Å². The van der Waals surface area contributed by atoms with Crippen molar-refractivity contribution in [3.63, 3.8) is 0 Å². The summed E-state index contributed by atoms with van der Waals surface area (Å²) < 4.78 is 5.74. The molecule has 3 aliphatic carbocycles. The van der Waals surface area contributed by atoms with E-state index < -0.39 is 0 Å². The minimum atomic E-state index is -0.257. The Kier molecular flexibility index (Phi) is 3.27. The summed E-state index contributed by atoms with van der Waals surface area (Å²) in [6.45, 7) is 4.34. The van der Waals surface area contributed by atoms with Crippen LogP contribution in [0.25, 0.3) is 0 Å². The number of hydrogen-bond donors (Lipinski definition) is 0. The van der Waals surface area contributed by atoms with Crippen LogP contribution in [0.3, 0.4) is 0 Å². The number of fused-ring (bicyclic) bond motifs is 5. The van der Waals surface area contributed by atoms with E-state index in [1.807, 2.05) is 0 Å².